The fourth-order valence-electron chi connectivity index (χ4n) is 2.49. The second-order valence-electron chi connectivity index (χ2n) is 4.76. The highest BCUT2D eigenvalue weighted by Gasteiger charge is 2.27. The number of anilines is 2. The number of para-hydroxylation sites is 2. The summed E-state index contributed by atoms with van der Waals surface area (Å²) in [5.41, 5.74) is 3.38. The zero-order chi connectivity index (χ0) is 13.2. The summed E-state index contributed by atoms with van der Waals surface area (Å²) in [5.74, 6) is 0.0861. The van der Waals surface area contributed by atoms with E-state index in [0.29, 0.717) is 6.67 Å². The molecule has 0 spiro atoms. The van der Waals surface area contributed by atoms with E-state index in [0.717, 1.165) is 17.9 Å². The number of amides is 1. The third-order valence-electron chi connectivity index (χ3n) is 3.42. The average Bonchev–Trinajstić information content (AvgIpc) is 2.79. The first-order chi connectivity index (χ1) is 9.25. The quantitative estimate of drug-likeness (QED) is 0.820. The maximum absolute atomic E-state index is 11.7. The predicted octanol–water partition coefficient (Wildman–Crippen LogP) is 3.02. The van der Waals surface area contributed by atoms with Gasteiger partial charge in [0, 0.05) is 13.5 Å². The van der Waals surface area contributed by atoms with Crippen molar-refractivity contribution in [3.05, 3.63) is 60.2 Å². The van der Waals surface area contributed by atoms with Gasteiger partial charge in [0.2, 0.25) is 5.91 Å². The Balaban J connectivity index is 1.91. The minimum Gasteiger partial charge on any atom is -0.347 e. The molecule has 1 amide bonds. The summed E-state index contributed by atoms with van der Waals surface area (Å²) in [6, 6.07) is 18.4. The Morgan fingerprint density at radius 1 is 1.00 bits per heavy atom. The van der Waals surface area contributed by atoms with Crippen LogP contribution in [-0.4, -0.2) is 12.6 Å². The highest BCUT2D eigenvalue weighted by molar-refractivity contribution is 5.98. The summed E-state index contributed by atoms with van der Waals surface area (Å²) >= 11 is 0. The topological polar surface area (TPSA) is 23.6 Å². The van der Waals surface area contributed by atoms with E-state index in [1.165, 1.54) is 5.56 Å². The van der Waals surface area contributed by atoms with Gasteiger partial charge in [0.1, 0.15) is 0 Å². The molecule has 0 N–H and O–H groups in total. The molecule has 0 aromatic heterocycles. The number of rotatable bonds is 2. The lowest BCUT2D eigenvalue weighted by molar-refractivity contribution is -0.116. The molecule has 96 valence electrons. The molecule has 2 aromatic rings. The van der Waals surface area contributed by atoms with E-state index in [9.17, 15) is 4.79 Å². The van der Waals surface area contributed by atoms with Gasteiger partial charge in [-0.3, -0.25) is 9.69 Å². The highest BCUT2D eigenvalue weighted by atomic mass is 16.2. The second-order valence-corrected chi connectivity index (χ2v) is 4.76. The second kappa shape index (κ2) is 4.76. The van der Waals surface area contributed by atoms with Crippen LogP contribution >= 0.6 is 0 Å². The van der Waals surface area contributed by atoms with Gasteiger partial charge in [-0.2, -0.15) is 0 Å². The standard InChI is InChI=1S/C16H16N2O/c1-13(19)18-12-17(11-14-7-3-2-4-8-14)15-9-5-6-10-16(15)18/h2-10H,11-12H2,1H3. The van der Waals surface area contributed by atoms with Crippen LogP contribution in [0.4, 0.5) is 11.4 Å². The molecular formula is C16H16N2O. The summed E-state index contributed by atoms with van der Waals surface area (Å²) in [4.78, 5) is 15.8. The Morgan fingerprint density at radius 3 is 2.32 bits per heavy atom. The number of hydrogen-bond donors (Lipinski definition) is 0. The van der Waals surface area contributed by atoms with Crippen molar-refractivity contribution < 1.29 is 4.79 Å². The lowest BCUT2D eigenvalue weighted by Crippen LogP contribution is -2.33. The van der Waals surface area contributed by atoms with Crippen molar-refractivity contribution in [2.75, 3.05) is 16.5 Å². The van der Waals surface area contributed by atoms with Crippen LogP contribution in [0.15, 0.2) is 54.6 Å². The monoisotopic (exact) mass is 252 g/mol. The Labute approximate surface area is 113 Å². The van der Waals surface area contributed by atoms with Gasteiger partial charge in [0.05, 0.1) is 18.0 Å². The van der Waals surface area contributed by atoms with Crippen molar-refractivity contribution in [3.8, 4) is 0 Å². The molecule has 0 radical (unpaired) electrons. The zero-order valence-electron chi connectivity index (χ0n) is 10.9. The van der Waals surface area contributed by atoms with Gasteiger partial charge in [0.15, 0.2) is 0 Å². The number of carbonyl (C=O) groups excluding carboxylic acids is 1. The molecular weight excluding hydrogens is 236 g/mol. The molecule has 0 saturated heterocycles. The fraction of sp³-hybridized carbons (Fsp3) is 0.188. The van der Waals surface area contributed by atoms with E-state index in [1.807, 2.05) is 41.3 Å². The molecule has 1 heterocycles. The minimum absolute atomic E-state index is 0.0861. The Kier molecular flexibility index (Phi) is 2.95. The molecule has 0 fully saturated rings. The van der Waals surface area contributed by atoms with Crippen molar-refractivity contribution in [3.63, 3.8) is 0 Å². The van der Waals surface area contributed by atoms with Gasteiger partial charge < -0.3 is 4.90 Å². The number of nitrogens with zero attached hydrogens (tertiary/aromatic N) is 2. The molecule has 3 nitrogen and oxygen atoms in total. The van der Waals surface area contributed by atoms with Crippen LogP contribution in [0.5, 0.6) is 0 Å². The van der Waals surface area contributed by atoms with E-state index >= 15 is 0 Å². The molecule has 19 heavy (non-hydrogen) atoms. The van der Waals surface area contributed by atoms with Crippen molar-refractivity contribution in [2.24, 2.45) is 0 Å². The summed E-state index contributed by atoms with van der Waals surface area (Å²) < 4.78 is 0. The van der Waals surface area contributed by atoms with E-state index in [-0.39, 0.29) is 5.91 Å². The molecule has 0 unspecified atom stereocenters. The van der Waals surface area contributed by atoms with E-state index < -0.39 is 0 Å². The zero-order valence-corrected chi connectivity index (χ0v) is 10.9. The summed E-state index contributed by atoms with van der Waals surface area (Å²) in [6.07, 6.45) is 0. The normalized spacial score (nSPS) is 13.5. The first-order valence-corrected chi connectivity index (χ1v) is 6.42. The molecule has 3 heteroatoms. The Bertz CT molecular complexity index is 595. The smallest absolute Gasteiger partial charge is 0.225 e. The van der Waals surface area contributed by atoms with Crippen LogP contribution in [0.3, 0.4) is 0 Å². The molecule has 1 aliphatic rings. The van der Waals surface area contributed by atoms with Crippen molar-refractivity contribution >= 4 is 17.3 Å². The summed E-state index contributed by atoms with van der Waals surface area (Å²) in [6.45, 7) is 3.06. The van der Waals surface area contributed by atoms with Gasteiger partial charge in [-0.1, -0.05) is 42.5 Å². The van der Waals surface area contributed by atoms with Crippen LogP contribution in [-0.2, 0) is 11.3 Å². The number of hydrogen-bond acceptors (Lipinski definition) is 2. The lowest BCUT2D eigenvalue weighted by atomic mass is 10.2. The van der Waals surface area contributed by atoms with Gasteiger partial charge in [-0.05, 0) is 17.7 Å². The molecule has 0 aliphatic carbocycles. The first kappa shape index (κ1) is 11.8. The van der Waals surface area contributed by atoms with Crippen LogP contribution in [0.1, 0.15) is 12.5 Å². The highest BCUT2D eigenvalue weighted by Crippen LogP contribution is 2.36. The number of fused-ring (bicyclic) bond motifs is 1. The van der Waals surface area contributed by atoms with Crippen LogP contribution in [0.25, 0.3) is 0 Å². The van der Waals surface area contributed by atoms with Crippen molar-refractivity contribution in [2.45, 2.75) is 13.5 Å². The fourth-order valence-corrected chi connectivity index (χ4v) is 2.49. The largest absolute Gasteiger partial charge is 0.347 e. The van der Waals surface area contributed by atoms with Crippen molar-refractivity contribution in [1.29, 1.82) is 0 Å². The Morgan fingerprint density at radius 2 is 1.63 bits per heavy atom. The molecule has 1 aliphatic heterocycles. The molecule has 3 rings (SSSR count). The number of benzene rings is 2. The van der Waals surface area contributed by atoms with E-state index in [2.05, 4.69) is 23.1 Å². The Hall–Kier alpha value is -2.29. The van der Waals surface area contributed by atoms with Gasteiger partial charge in [-0.15, -0.1) is 0 Å². The van der Waals surface area contributed by atoms with Gasteiger partial charge in [-0.25, -0.2) is 0 Å². The molecule has 0 bridgehead atoms. The maximum Gasteiger partial charge on any atom is 0.225 e. The third-order valence-corrected chi connectivity index (χ3v) is 3.42. The first-order valence-electron chi connectivity index (χ1n) is 6.42. The van der Waals surface area contributed by atoms with Crippen molar-refractivity contribution in [1.82, 2.24) is 0 Å². The van der Waals surface area contributed by atoms with Gasteiger partial charge >= 0.3 is 0 Å². The SMILES string of the molecule is CC(=O)N1CN(Cc2ccccc2)c2ccccc21. The van der Waals surface area contributed by atoms with Gasteiger partial charge in [0.25, 0.3) is 0 Å². The number of carbonyl (C=O) groups is 1. The summed E-state index contributed by atoms with van der Waals surface area (Å²) in [5, 5.41) is 0. The van der Waals surface area contributed by atoms with E-state index in [4.69, 9.17) is 0 Å². The third kappa shape index (κ3) is 2.19. The van der Waals surface area contributed by atoms with Crippen LogP contribution < -0.4 is 9.80 Å². The average molecular weight is 252 g/mol. The summed E-state index contributed by atoms with van der Waals surface area (Å²) in [7, 11) is 0. The molecule has 0 atom stereocenters. The molecule has 2 aromatic carbocycles. The lowest BCUT2D eigenvalue weighted by Gasteiger charge is -2.19. The molecule has 0 saturated carbocycles. The van der Waals surface area contributed by atoms with Crippen LogP contribution in [0, 0.1) is 0 Å². The van der Waals surface area contributed by atoms with Crippen LogP contribution in [0.2, 0.25) is 0 Å². The van der Waals surface area contributed by atoms with E-state index in [1.54, 1.807) is 6.92 Å². The minimum atomic E-state index is 0.0861. The predicted molar refractivity (Wildman–Crippen MR) is 77.1 cm³/mol. The maximum atomic E-state index is 11.7.